The molecule has 0 radical (unpaired) electrons. The number of anilines is 1. The quantitative estimate of drug-likeness (QED) is 0.448. The van der Waals surface area contributed by atoms with E-state index in [4.69, 9.17) is 10.7 Å². The van der Waals surface area contributed by atoms with Crippen LogP contribution in [-0.4, -0.2) is 75.4 Å². The Balaban J connectivity index is 1.43. The molecule has 0 aromatic carbocycles. The zero-order valence-electron chi connectivity index (χ0n) is 20.7. The molecule has 2 bridgehead atoms. The third-order valence-electron chi connectivity index (χ3n) is 8.09. The number of nitrogens with one attached hydrogen (secondary N) is 1. The maximum Gasteiger partial charge on any atom is 0.248 e. The average Bonchev–Trinajstić information content (AvgIpc) is 3.61. The number of nitrogens with zero attached hydrogens (tertiary/aromatic N) is 5. The van der Waals surface area contributed by atoms with Gasteiger partial charge in [-0.1, -0.05) is 6.07 Å². The van der Waals surface area contributed by atoms with Crippen LogP contribution in [0.25, 0.3) is 16.8 Å². The zero-order valence-corrected chi connectivity index (χ0v) is 21.5. The Labute approximate surface area is 215 Å². The van der Waals surface area contributed by atoms with Gasteiger partial charge >= 0.3 is 0 Å². The molecule has 3 aromatic rings. The van der Waals surface area contributed by atoms with E-state index in [1.54, 1.807) is 17.3 Å². The standard InChI is InChI=1S/C25H31N7O4S/c1-37(35,36)23-22(15-9-16-5-6-17(10-15)31(16)21(34)13-33)30-25-18(12-29-32(25)24(23)26)14-4-7-20(28-11-14)19-3-2-8-27-19/h4,7,11-12,15-17,19,27,33H,2-3,5-6,8-10,13,26H2,1H3/t15-,16-,17+,19?. The molecule has 0 aliphatic carbocycles. The van der Waals surface area contributed by atoms with Crippen LogP contribution >= 0.6 is 0 Å². The predicted molar refractivity (Wildman–Crippen MR) is 136 cm³/mol. The molecule has 6 heterocycles. The highest BCUT2D eigenvalue weighted by atomic mass is 32.2. The van der Waals surface area contributed by atoms with Crippen molar-refractivity contribution in [3.05, 3.63) is 35.9 Å². The van der Waals surface area contributed by atoms with E-state index in [0.29, 0.717) is 24.2 Å². The summed E-state index contributed by atoms with van der Waals surface area (Å²) in [7, 11) is -3.71. The summed E-state index contributed by atoms with van der Waals surface area (Å²) in [6, 6.07) is 4.14. The van der Waals surface area contributed by atoms with Crippen LogP contribution in [0.15, 0.2) is 29.4 Å². The highest BCUT2D eigenvalue weighted by Crippen LogP contribution is 2.45. The van der Waals surface area contributed by atoms with E-state index in [-0.39, 0.29) is 40.7 Å². The van der Waals surface area contributed by atoms with Crippen molar-refractivity contribution < 1.29 is 18.3 Å². The Kier molecular flexibility index (Phi) is 5.92. The van der Waals surface area contributed by atoms with Gasteiger partial charge in [-0.05, 0) is 51.1 Å². The van der Waals surface area contributed by atoms with Crippen LogP contribution in [0.1, 0.15) is 61.9 Å². The Hall–Kier alpha value is -3.09. The van der Waals surface area contributed by atoms with Gasteiger partial charge in [0, 0.05) is 47.6 Å². The van der Waals surface area contributed by atoms with Crippen LogP contribution in [0.2, 0.25) is 0 Å². The Morgan fingerprint density at radius 1 is 1.19 bits per heavy atom. The van der Waals surface area contributed by atoms with Crippen LogP contribution in [0.3, 0.4) is 0 Å². The molecule has 4 atom stereocenters. The van der Waals surface area contributed by atoms with Crippen molar-refractivity contribution >= 4 is 27.2 Å². The fraction of sp³-hybridized carbons (Fsp3) is 0.520. The largest absolute Gasteiger partial charge is 0.387 e. The fourth-order valence-electron chi connectivity index (χ4n) is 6.48. The van der Waals surface area contributed by atoms with Crippen molar-refractivity contribution in [1.82, 2.24) is 29.8 Å². The van der Waals surface area contributed by atoms with E-state index >= 15 is 0 Å². The second-order valence-electron chi connectivity index (χ2n) is 10.4. The van der Waals surface area contributed by atoms with Gasteiger partial charge in [-0.3, -0.25) is 9.78 Å². The predicted octanol–water partition coefficient (Wildman–Crippen LogP) is 1.43. The summed E-state index contributed by atoms with van der Waals surface area (Å²) < 4.78 is 27.2. The number of aliphatic hydroxyl groups excluding tert-OH is 1. The normalized spacial score (nSPS) is 25.7. The summed E-state index contributed by atoms with van der Waals surface area (Å²) in [5.74, 6) is -0.428. The maximum absolute atomic E-state index is 12.9. The van der Waals surface area contributed by atoms with Crippen molar-refractivity contribution in [2.75, 3.05) is 25.1 Å². The Morgan fingerprint density at radius 2 is 1.95 bits per heavy atom. The van der Waals surface area contributed by atoms with Gasteiger partial charge in [0.15, 0.2) is 15.5 Å². The number of fused-ring (bicyclic) bond motifs is 3. The van der Waals surface area contributed by atoms with Crippen molar-refractivity contribution in [3.8, 4) is 11.1 Å². The van der Waals surface area contributed by atoms with Gasteiger partial charge in [0.2, 0.25) is 5.91 Å². The zero-order chi connectivity index (χ0) is 25.9. The van der Waals surface area contributed by atoms with E-state index in [1.165, 1.54) is 4.52 Å². The van der Waals surface area contributed by atoms with Crippen LogP contribution < -0.4 is 11.1 Å². The molecule has 37 heavy (non-hydrogen) atoms. The number of nitrogens with two attached hydrogens (primary N) is 1. The molecule has 3 aromatic heterocycles. The lowest BCUT2D eigenvalue weighted by Crippen LogP contribution is -2.47. The molecule has 3 saturated heterocycles. The van der Waals surface area contributed by atoms with E-state index in [2.05, 4.69) is 15.4 Å². The smallest absolute Gasteiger partial charge is 0.248 e. The SMILES string of the molecule is CS(=O)(=O)c1c([C@@H]2C[C@H]3CC[C@@H](C2)N3C(=O)CO)nc2c(-c3ccc(C4CCCN4)nc3)cnn2c1N. The van der Waals surface area contributed by atoms with Crippen molar-refractivity contribution in [2.45, 2.75) is 67.5 Å². The third-order valence-corrected chi connectivity index (χ3v) is 9.25. The molecule has 3 aliphatic heterocycles. The molecular weight excluding hydrogens is 494 g/mol. The van der Waals surface area contributed by atoms with Crippen LogP contribution in [0.4, 0.5) is 5.82 Å². The number of carbonyl (C=O) groups excluding carboxylic acids is 1. The van der Waals surface area contributed by atoms with Gasteiger partial charge in [-0.15, -0.1) is 0 Å². The molecule has 4 N–H and O–H groups in total. The molecule has 1 unspecified atom stereocenters. The Morgan fingerprint density at radius 3 is 2.54 bits per heavy atom. The number of aliphatic hydroxyl groups is 1. The number of aromatic nitrogens is 4. The number of amides is 1. The minimum atomic E-state index is -3.71. The first-order chi connectivity index (χ1) is 17.8. The molecule has 0 saturated carbocycles. The highest BCUT2D eigenvalue weighted by molar-refractivity contribution is 7.91. The number of carbonyl (C=O) groups is 1. The van der Waals surface area contributed by atoms with E-state index in [1.807, 2.05) is 12.1 Å². The number of rotatable bonds is 5. The molecule has 3 fully saturated rings. The van der Waals surface area contributed by atoms with E-state index in [0.717, 1.165) is 55.3 Å². The van der Waals surface area contributed by atoms with Crippen LogP contribution in [-0.2, 0) is 14.6 Å². The lowest BCUT2D eigenvalue weighted by molar-refractivity contribution is -0.138. The first-order valence-corrected chi connectivity index (χ1v) is 14.6. The number of nitrogen functional groups attached to an aromatic ring is 1. The molecule has 3 aliphatic rings. The summed E-state index contributed by atoms with van der Waals surface area (Å²) in [5, 5.41) is 17.3. The fourth-order valence-corrected chi connectivity index (χ4v) is 7.53. The van der Waals surface area contributed by atoms with Gasteiger partial charge < -0.3 is 21.1 Å². The molecule has 12 heteroatoms. The lowest BCUT2D eigenvalue weighted by atomic mass is 9.87. The Bertz CT molecular complexity index is 1450. The summed E-state index contributed by atoms with van der Waals surface area (Å²) >= 11 is 0. The molecule has 196 valence electrons. The van der Waals surface area contributed by atoms with Crippen molar-refractivity contribution in [2.24, 2.45) is 0 Å². The maximum atomic E-state index is 12.9. The first kappa shape index (κ1) is 24.3. The van der Waals surface area contributed by atoms with E-state index in [9.17, 15) is 18.3 Å². The van der Waals surface area contributed by atoms with E-state index < -0.39 is 16.4 Å². The van der Waals surface area contributed by atoms with Crippen LogP contribution in [0.5, 0.6) is 0 Å². The average molecular weight is 526 g/mol. The van der Waals surface area contributed by atoms with Gasteiger partial charge in [-0.2, -0.15) is 9.61 Å². The number of sulfone groups is 1. The molecule has 6 rings (SSSR count). The molecule has 0 spiro atoms. The molecule has 11 nitrogen and oxygen atoms in total. The first-order valence-electron chi connectivity index (χ1n) is 12.7. The minimum Gasteiger partial charge on any atom is -0.387 e. The molecule has 1 amide bonds. The minimum absolute atomic E-state index is 0.00163. The second kappa shape index (κ2) is 9.03. The van der Waals surface area contributed by atoms with Gasteiger partial charge in [0.1, 0.15) is 17.3 Å². The van der Waals surface area contributed by atoms with Crippen LogP contribution in [0, 0.1) is 0 Å². The topological polar surface area (TPSA) is 156 Å². The number of pyridine rings is 1. The number of hydrogen-bond donors (Lipinski definition) is 3. The molecular formula is C25H31N7O4S. The van der Waals surface area contributed by atoms with Gasteiger partial charge in [0.25, 0.3) is 0 Å². The number of hydrogen-bond acceptors (Lipinski definition) is 9. The summed E-state index contributed by atoms with van der Waals surface area (Å²) in [5.41, 5.74) is 9.91. The van der Waals surface area contributed by atoms with Crippen molar-refractivity contribution in [3.63, 3.8) is 0 Å². The monoisotopic (exact) mass is 525 g/mol. The van der Waals surface area contributed by atoms with Gasteiger partial charge in [-0.25, -0.2) is 13.4 Å². The number of piperidine rings is 1. The van der Waals surface area contributed by atoms with Gasteiger partial charge in [0.05, 0.1) is 17.6 Å². The summed E-state index contributed by atoms with van der Waals surface area (Å²) in [4.78, 5) is 23.7. The lowest BCUT2D eigenvalue weighted by Gasteiger charge is -2.39. The third kappa shape index (κ3) is 4.07. The van der Waals surface area contributed by atoms with Crippen molar-refractivity contribution in [1.29, 1.82) is 0 Å². The summed E-state index contributed by atoms with van der Waals surface area (Å²) in [6.45, 7) is 0.470. The highest BCUT2D eigenvalue weighted by Gasteiger charge is 2.45. The second-order valence-corrected chi connectivity index (χ2v) is 12.4. The summed E-state index contributed by atoms with van der Waals surface area (Å²) in [6.07, 6.45) is 9.56.